The van der Waals surface area contributed by atoms with Crippen molar-refractivity contribution in [1.29, 1.82) is 0 Å². The standard InChI is InChI=1S/C23H29NO6/c1-13-19(22(27)28-7)14(2)24-20(13)21(26)15(3)30-18(25)12-29-17-10-8-16(9-11-17)23(4,5)6/h8-11,15,24H,12H2,1-7H3/t15-/m1/s1. The fourth-order valence-electron chi connectivity index (χ4n) is 3.09. The second kappa shape index (κ2) is 9.15. The average Bonchev–Trinajstić information content (AvgIpc) is 2.98. The summed E-state index contributed by atoms with van der Waals surface area (Å²) >= 11 is 0. The number of hydrogen-bond acceptors (Lipinski definition) is 6. The predicted molar refractivity (Wildman–Crippen MR) is 112 cm³/mol. The van der Waals surface area contributed by atoms with Crippen LogP contribution in [-0.2, 0) is 19.7 Å². The second-order valence-electron chi connectivity index (χ2n) is 8.18. The number of esters is 2. The molecule has 2 rings (SSSR count). The first-order valence-corrected chi connectivity index (χ1v) is 9.70. The van der Waals surface area contributed by atoms with E-state index in [9.17, 15) is 14.4 Å². The van der Waals surface area contributed by atoms with Crippen molar-refractivity contribution in [3.05, 3.63) is 52.3 Å². The van der Waals surface area contributed by atoms with Gasteiger partial charge in [0.2, 0.25) is 5.78 Å². The molecule has 0 saturated heterocycles. The smallest absolute Gasteiger partial charge is 0.344 e. The third-order valence-electron chi connectivity index (χ3n) is 4.83. The molecule has 1 N–H and O–H groups in total. The molecule has 0 radical (unpaired) electrons. The number of methoxy groups -OCH3 is 1. The van der Waals surface area contributed by atoms with Crippen LogP contribution in [0.3, 0.4) is 0 Å². The maximum Gasteiger partial charge on any atom is 0.344 e. The first-order valence-electron chi connectivity index (χ1n) is 9.70. The number of aryl methyl sites for hydroxylation is 1. The van der Waals surface area contributed by atoms with Crippen molar-refractivity contribution in [2.24, 2.45) is 0 Å². The number of nitrogens with one attached hydrogen (secondary N) is 1. The summed E-state index contributed by atoms with van der Waals surface area (Å²) in [5, 5.41) is 0. The van der Waals surface area contributed by atoms with Gasteiger partial charge in [-0.15, -0.1) is 0 Å². The van der Waals surface area contributed by atoms with E-state index in [2.05, 4.69) is 25.8 Å². The summed E-state index contributed by atoms with van der Waals surface area (Å²) in [5.41, 5.74) is 2.67. The minimum Gasteiger partial charge on any atom is -0.482 e. The first kappa shape index (κ1) is 23.2. The summed E-state index contributed by atoms with van der Waals surface area (Å²) in [6.07, 6.45) is -1.04. The molecule has 0 amide bonds. The summed E-state index contributed by atoms with van der Waals surface area (Å²) < 4.78 is 15.4. The summed E-state index contributed by atoms with van der Waals surface area (Å²) in [5.74, 6) is -1.09. The maximum absolute atomic E-state index is 12.7. The lowest BCUT2D eigenvalue weighted by atomic mass is 9.87. The molecule has 0 fully saturated rings. The van der Waals surface area contributed by atoms with E-state index < -0.39 is 23.8 Å². The van der Waals surface area contributed by atoms with E-state index in [0.29, 0.717) is 22.6 Å². The topological polar surface area (TPSA) is 94.7 Å². The lowest BCUT2D eigenvalue weighted by Crippen LogP contribution is -2.28. The van der Waals surface area contributed by atoms with E-state index >= 15 is 0 Å². The van der Waals surface area contributed by atoms with Crippen molar-refractivity contribution < 1.29 is 28.6 Å². The average molecular weight is 415 g/mol. The molecule has 7 nitrogen and oxygen atoms in total. The Kier molecular flexibility index (Phi) is 7.08. The van der Waals surface area contributed by atoms with Crippen molar-refractivity contribution in [2.45, 2.75) is 53.1 Å². The Bertz CT molecular complexity index is 934. The van der Waals surface area contributed by atoms with Crippen molar-refractivity contribution in [2.75, 3.05) is 13.7 Å². The molecule has 0 bridgehead atoms. The molecule has 1 heterocycles. The fraction of sp³-hybridized carbons (Fsp3) is 0.435. The number of hydrogen-bond donors (Lipinski definition) is 1. The van der Waals surface area contributed by atoms with E-state index in [0.717, 1.165) is 5.56 Å². The van der Waals surface area contributed by atoms with E-state index in [-0.39, 0.29) is 17.7 Å². The minimum absolute atomic E-state index is 0.0231. The van der Waals surface area contributed by atoms with Crippen LogP contribution in [0.2, 0.25) is 0 Å². The van der Waals surface area contributed by atoms with Gasteiger partial charge in [0.25, 0.3) is 0 Å². The molecule has 0 spiro atoms. The molecule has 0 aliphatic rings. The second-order valence-corrected chi connectivity index (χ2v) is 8.18. The van der Waals surface area contributed by atoms with Gasteiger partial charge in [-0.2, -0.15) is 0 Å². The highest BCUT2D eigenvalue weighted by atomic mass is 16.6. The molecule has 1 aromatic heterocycles. The Morgan fingerprint density at radius 3 is 2.20 bits per heavy atom. The van der Waals surface area contributed by atoms with Crippen LogP contribution in [0, 0.1) is 13.8 Å². The quantitative estimate of drug-likeness (QED) is 0.544. The number of aromatic amines is 1. The first-order chi connectivity index (χ1) is 14.0. The van der Waals surface area contributed by atoms with Gasteiger partial charge >= 0.3 is 11.9 Å². The monoisotopic (exact) mass is 415 g/mol. The summed E-state index contributed by atoms with van der Waals surface area (Å²) in [7, 11) is 1.27. The Morgan fingerprint density at radius 1 is 1.07 bits per heavy atom. The van der Waals surface area contributed by atoms with E-state index in [1.165, 1.54) is 14.0 Å². The highest BCUT2D eigenvalue weighted by Crippen LogP contribution is 2.24. The zero-order chi connectivity index (χ0) is 22.6. The van der Waals surface area contributed by atoms with Gasteiger partial charge in [0.05, 0.1) is 18.4 Å². The van der Waals surface area contributed by atoms with Gasteiger partial charge in [-0.3, -0.25) is 4.79 Å². The van der Waals surface area contributed by atoms with Gasteiger partial charge in [-0.05, 0) is 49.4 Å². The van der Waals surface area contributed by atoms with Gasteiger partial charge < -0.3 is 19.2 Å². The van der Waals surface area contributed by atoms with E-state index in [1.807, 2.05) is 12.1 Å². The molecule has 162 valence electrons. The molecular formula is C23H29NO6. The van der Waals surface area contributed by atoms with Gasteiger partial charge in [-0.25, -0.2) is 9.59 Å². The van der Waals surface area contributed by atoms with Crippen molar-refractivity contribution in [3.8, 4) is 5.75 Å². The largest absolute Gasteiger partial charge is 0.482 e. The van der Waals surface area contributed by atoms with Crippen molar-refractivity contribution >= 4 is 17.7 Å². The van der Waals surface area contributed by atoms with Crippen LogP contribution in [0.25, 0.3) is 0 Å². The molecule has 0 unspecified atom stereocenters. The van der Waals surface area contributed by atoms with Crippen LogP contribution in [-0.4, -0.2) is 42.5 Å². The summed E-state index contributed by atoms with van der Waals surface area (Å²) in [6, 6.07) is 7.48. The lowest BCUT2D eigenvalue weighted by Gasteiger charge is -2.19. The van der Waals surface area contributed by atoms with Crippen LogP contribution >= 0.6 is 0 Å². The third-order valence-corrected chi connectivity index (χ3v) is 4.83. The van der Waals surface area contributed by atoms with Crippen LogP contribution in [0.15, 0.2) is 24.3 Å². The summed E-state index contributed by atoms with van der Waals surface area (Å²) in [6.45, 7) is 10.8. The van der Waals surface area contributed by atoms with Crippen LogP contribution in [0.1, 0.15) is 65.4 Å². The molecule has 30 heavy (non-hydrogen) atoms. The normalized spacial score (nSPS) is 12.2. The van der Waals surface area contributed by atoms with Crippen molar-refractivity contribution in [1.82, 2.24) is 4.98 Å². The van der Waals surface area contributed by atoms with Crippen LogP contribution in [0.5, 0.6) is 5.75 Å². The Hall–Kier alpha value is -3.09. The number of ether oxygens (including phenoxy) is 3. The molecule has 0 saturated carbocycles. The number of carbonyl (C=O) groups is 3. The molecule has 0 aliphatic heterocycles. The van der Waals surface area contributed by atoms with E-state index in [4.69, 9.17) is 14.2 Å². The summed E-state index contributed by atoms with van der Waals surface area (Å²) in [4.78, 5) is 39.6. The maximum atomic E-state index is 12.7. The molecular weight excluding hydrogens is 386 g/mol. The number of H-pyrrole nitrogens is 1. The van der Waals surface area contributed by atoms with Gasteiger partial charge in [-0.1, -0.05) is 32.9 Å². The Morgan fingerprint density at radius 2 is 1.67 bits per heavy atom. The van der Waals surface area contributed by atoms with Gasteiger partial charge in [0.15, 0.2) is 12.7 Å². The highest BCUT2D eigenvalue weighted by Gasteiger charge is 2.27. The Labute approximate surface area is 176 Å². The number of ketones is 1. The SMILES string of the molecule is COC(=O)c1c(C)[nH]c(C(=O)[C@@H](C)OC(=O)COc2ccc(C(C)(C)C)cc2)c1C. The van der Waals surface area contributed by atoms with Crippen LogP contribution in [0.4, 0.5) is 0 Å². The molecule has 0 aliphatic carbocycles. The molecule has 1 atom stereocenters. The zero-order valence-electron chi connectivity index (χ0n) is 18.5. The number of Topliss-reactive ketones (excluding diaryl/α,β-unsaturated/α-hetero) is 1. The zero-order valence-corrected chi connectivity index (χ0v) is 18.5. The van der Waals surface area contributed by atoms with Gasteiger partial charge in [0, 0.05) is 5.69 Å². The molecule has 7 heteroatoms. The highest BCUT2D eigenvalue weighted by molar-refractivity contribution is 6.03. The lowest BCUT2D eigenvalue weighted by molar-refractivity contribution is -0.148. The minimum atomic E-state index is -1.04. The Balaban J connectivity index is 1.97. The van der Waals surface area contributed by atoms with E-state index in [1.54, 1.807) is 26.0 Å². The molecule has 2 aromatic rings. The van der Waals surface area contributed by atoms with Gasteiger partial charge in [0.1, 0.15) is 5.75 Å². The predicted octanol–water partition coefficient (Wildman–Crippen LogP) is 3.91. The number of aromatic nitrogens is 1. The van der Waals surface area contributed by atoms with Crippen molar-refractivity contribution in [3.63, 3.8) is 0 Å². The number of rotatable bonds is 7. The fourth-order valence-corrected chi connectivity index (χ4v) is 3.09. The number of carbonyl (C=O) groups excluding carboxylic acids is 3. The number of benzene rings is 1. The molecule has 1 aromatic carbocycles. The third kappa shape index (κ3) is 5.28. The van der Waals surface area contributed by atoms with Crippen LogP contribution < -0.4 is 4.74 Å².